The lowest BCUT2D eigenvalue weighted by molar-refractivity contribution is 0.618. The molecule has 13 heavy (non-hydrogen) atoms. The van der Waals surface area contributed by atoms with Gasteiger partial charge in [0.1, 0.15) is 0 Å². The van der Waals surface area contributed by atoms with E-state index in [1.54, 1.807) is 0 Å². The summed E-state index contributed by atoms with van der Waals surface area (Å²) in [6.45, 7) is 5.64. The van der Waals surface area contributed by atoms with E-state index in [9.17, 15) is 0 Å². The van der Waals surface area contributed by atoms with Gasteiger partial charge in [0, 0.05) is 24.3 Å². The van der Waals surface area contributed by atoms with E-state index in [0.29, 0.717) is 6.54 Å². The first-order valence-electron chi connectivity index (χ1n) is 4.47. The summed E-state index contributed by atoms with van der Waals surface area (Å²) < 4.78 is 1.91. The van der Waals surface area contributed by atoms with Crippen molar-refractivity contribution in [3.8, 4) is 12.3 Å². The molecule has 0 bridgehead atoms. The van der Waals surface area contributed by atoms with Crippen molar-refractivity contribution >= 4 is 0 Å². The summed E-state index contributed by atoms with van der Waals surface area (Å²) in [6, 6.07) is 0.274. The van der Waals surface area contributed by atoms with Crippen molar-refractivity contribution in [1.82, 2.24) is 15.1 Å². The molecule has 0 fully saturated rings. The summed E-state index contributed by atoms with van der Waals surface area (Å²) in [4.78, 5) is 0. The number of hydrogen-bond acceptors (Lipinski definition) is 2. The summed E-state index contributed by atoms with van der Waals surface area (Å²) in [5.41, 5.74) is 1.18. The fraction of sp³-hybridized carbons (Fsp3) is 0.500. The second kappa shape index (κ2) is 4.68. The van der Waals surface area contributed by atoms with Crippen LogP contribution in [0.2, 0.25) is 0 Å². The van der Waals surface area contributed by atoms with Gasteiger partial charge in [-0.25, -0.2) is 0 Å². The Morgan fingerprint density at radius 3 is 3.08 bits per heavy atom. The third-order valence-electron chi connectivity index (χ3n) is 1.99. The van der Waals surface area contributed by atoms with Gasteiger partial charge >= 0.3 is 0 Å². The lowest BCUT2D eigenvalue weighted by atomic mass is 10.2. The molecule has 1 aromatic heterocycles. The largest absolute Gasteiger partial charge is 0.299 e. The second-order valence-electron chi connectivity index (χ2n) is 2.94. The van der Waals surface area contributed by atoms with Crippen LogP contribution in [0.15, 0.2) is 12.4 Å². The summed E-state index contributed by atoms with van der Waals surface area (Å²) in [5.74, 6) is 2.55. The lowest BCUT2D eigenvalue weighted by Crippen LogP contribution is -2.18. The van der Waals surface area contributed by atoms with Gasteiger partial charge in [-0.3, -0.25) is 10.00 Å². The van der Waals surface area contributed by atoms with Crippen molar-refractivity contribution in [2.24, 2.45) is 0 Å². The van der Waals surface area contributed by atoms with Gasteiger partial charge in [-0.05, 0) is 13.8 Å². The first kappa shape index (κ1) is 9.82. The van der Waals surface area contributed by atoms with Crippen LogP contribution in [0.25, 0.3) is 0 Å². The van der Waals surface area contributed by atoms with Crippen LogP contribution in [0.3, 0.4) is 0 Å². The first-order valence-corrected chi connectivity index (χ1v) is 4.47. The highest BCUT2D eigenvalue weighted by molar-refractivity contribution is 5.09. The van der Waals surface area contributed by atoms with E-state index < -0.39 is 0 Å². The van der Waals surface area contributed by atoms with E-state index in [1.807, 2.05) is 17.1 Å². The third-order valence-corrected chi connectivity index (χ3v) is 1.99. The molecule has 3 heteroatoms. The molecule has 0 spiro atoms. The Kier molecular flexibility index (Phi) is 3.53. The molecule has 0 aliphatic rings. The Bertz CT molecular complexity index is 295. The SMILES string of the molecule is C#CCNC(C)c1cnn(CC)c1. The Labute approximate surface area is 79.1 Å². The van der Waals surface area contributed by atoms with Gasteiger partial charge in [0.05, 0.1) is 12.7 Å². The zero-order valence-corrected chi connectivity index (χ0v) is 8.12. The van der Waals surface area contributed by atoms with Crippen LogP contribution in [0.1, 0.15) is 25.5 Å². The maximum absolute atomic E-state index is 5.15. The standard InChI is InChI=1S/C10H15N3/c1-4-6-11-9(3)10-7-12-13(5-2)8-10/h1,7-9,11H,5-6H2,2-3H3. The molecule has 0 aliphatic carbocycles. The molecule has 1 heterocycles. The molecule has 1 unspecified atom stereocenters. The summed E-state index contributed by atoms with van der Waals surface area (Å²) in [7, 11) is 0. The number of hydrogen-bond donors (Lipinski definition) is 1. The van der Waals surface area contributed by atoms with Crippen molar-refractivity contribution < 1.29 is 0 Å². The molecule has 1 N–H and O–H groups in total. The molecule has 0 radical (unpaired) electrons. The number of aryl methyl sites for hydroxylation is 1. The van der Waals surface area contributed by atoms with E-state index in [0.717, 1.165) is 6.54 Å². The molecule has 0 saturated heterocycles. The minimum atomic E-state index is 0.274. The van der Waals surface area contributed by atoms with Gasteiger partial charge < -0.3 is 0 Å². The number of rotatable bonds is 4. The van der Waals surface area contributed by atoms with Crippen molar-refractivity contribution in [3.63, 3.8) is 0 Å². The number of aromatic nitrogens is 2. The monoisotopic (exact) mass is 177 g/mol. The van der Waals surface area contributed by atoms with Crippen LogP contribution >= 0.6 is 0 Å². The quantitative estimate of drug-likeness (QED) is 0.700. The molecular formula is C10H15N3. The van der Waals surface area contributed by atoms with Gasteiger partial charge in [-0.1, -0.05) is 5.92 Å². The van der Waals surface area contributed by atoms with Gasteiger partial charge in [0.25, 0.3) is 0 Å². The zero-order chi connectivity index (χ0) is 9.68. The average Bonchev–Trinajstić information content (AvgIpc) is 2.62. The average molecular weight is 177 g/mol. The van der Waals surface area contributed by atoms with E-state index in [1.165, 1.54) is 5.56 Å². The summed E-state index contributed by atoms with van der Waals surface area (Å²) >= 11 is 0. The highest BCUT2D eigenvalue weighted by atomic mass is 15.3. The zero-order valence-electron chi connectivity index (χ0n) is 8.12. The van der Waals surface area contributed by atoms with Crippen LogP contribution in [-0.4, -0.2) is 16.3 Å². The lowest BCUT2D eigenvalue weighted by Gasteiger charge is -2.08. The fourth-order valence-electron chi connectivity index (χ4n) is 1.11. The fourth-order valence-corrected chi connectivity index (χ4v) is 1.11. The van der Waals surface area contributed by atoms with Crippen molar-refractivity contribution in [3.05, 3.63) is 18.0 Å². The van der Waals surface area contributed by atoms with Crippen molar-refractivity contribution in [2.45, 2.75) is 26.4 Å². The van der Waals surface area contributed by atoms with Gasteiger partial charge in [-0.15, -0.1) is 6.42 Å². The predicted octanol–water partition coefficient (Wildman–Crippen LogP) is 1.19. The number of nitrogens with one attached hydrogen (secondary N) is 1. The van der Waals surface area contributed by atoms with Crippen molar-refractivity contribution in [2.75, 3.05) is 6.54 Å². The Balaban J connectivity index is 2.56. The minimum absolute atomic E-state index is 0.274. The molecule has 0 saturated carbocycles. The maximum atomic E-state index is 5.15. The summed E-state index contributed by atoms with van der Waals surface area (Å²) in [5, 5.41) is 7.39. The molecular weight excluding hydrogens is 162 g/mol. The van der Waals surface area contributed by atoms with E-state index in [-0.39, 0.29) is 6.04 Å². The number of terminal acetylenes is 1. The molecule has 1 rings (SSSR count). The maximum Gasteiger partial charge on any atom is 0.0578 e. The van der Waals surface area contributed by atoms with Crippen LogP contribution in [0.5, 0.6) is 0 Å². The molecule has 70 valence electrons. The molecule has 0 amide bonds. The van der Waals surface area contributed by atoms with E-state index in [4.69, 9.17) is 6.42 Å². The molecule has 0 aromatic carbocycles. The normalized spacial score (nSPS) is 12.4. The topological polar surface area (TPSA) is 29.9 Å². The smallest absolute Gasteiger partial charge is 0.0578 e. The van der Waals surface area contributed by atoms with E-state index >= 15 is 0 Å². The Hall–Kier alpha value is -1.27. The molecule has 1 aromatic rings. The van der Waals surface area contributed by atoms with Gasteiger partial charge in [-0.2, -0.15) is 5.10 Å². The molecule has 3 nitrogen and oxygen atoms in total. The Morgan fingerprint density at radius 1 is 1.77 bits per heavy atom. The molecule has 0 aliphatic heterocycles. The van der Waals surface area contributed by atoms with Crippen molar-refractivity contribution in [1.29, 1.82) is 0 Å². The first-order chi connectivity index (χ1) is 6.27. The Morgan fingerprint density at radius 2 is 2.54 bits per heavy atom. The minimum Gasteiger partial charge on any atom is -0.299 e. The van der Waals surface area contributed by atoms with Crippen LogP contribution in [0.4, 0.5) is 0 Å². The highest BCUT2D eigenvalue weighted by Crippen LogP contribution is 2.09. The van der Waals surface area contributed by atoms with Crippen LogP contribution < -0.4 is 5.32 Å². The van der Waals surface area contributed by atoms with Crippen LogP contribution in [0, 0.1) is 12.3 Å². The van der Waals surface area contributed by atoms with Gasteiger partial charge in [0.15, 0.2) is 0 Å². The van der Waals surface area contributed by atoms with Crippen LogP contribution in [-0.2, 0) is 6.54 Å². The molecule has 1 atom stereocenters. The summed E-state index contributed by atoms with van der Waals surface area (Å²) in [6.07, 6.45) is 9.06. The predicted molar refractivity (Wildman–Crippen MR) is 53.2 cm³/mol. The third kappa shape index (κ3) is 2.60. The van der Waals surface area contributed by atoms with Gasteiger partial charge in [0.2, 0.25) is 0 Å². The highest BCUT2D eigenvalue weighted by Gasteiger charge is 2.05. The second-order valence-corrected chi connectivity index (χ2v) is 2.94. The van der Waals surface area contributed by atoms with E-state index in [2.05, 4.69) is 30.2 Å². The number of nitrogens with zero attached hydrogens (tertiary/aromatic N) is 2.